The van der Waals surface area contributed by atoms with E-state index in [0.29, 0.717) is 17.0 Å². The molecule has 0 saturated carbocycles. The summed E-state index contributed by atoms with van der Waals surface area (Å²) in [6.45, 7) is 7.86. The van der Waals surface area contributed by atoms with E-state index < -0.39 is 9.05 Å². The van der Waals surface area contributed by atoms with Gasteiger partial charge in [0.05, 0.1) is 4.90 Å². The molecule has 6 heteroatoms. The number of aryl methyl sites for hydroxylation is 1. The van der Waals surface area contributed by atoms with E-state index >= 15 is 0 Å². The van der Waals surface area contributed by atoms with Crippen LogP contribution in [-0.2, 0) is 9.05 Å². The molecule has 4 nitrogen and oxygen atoms in total. The second-order valence-electron chi connectivity index (χ2n) is 5.31. The third-order valence-corrected chi connectivity index (χ3v) is 5.04. The topological polar surface area (TPSA) is 63.2 Å². The van der Waals surface area contributed by atoms with Gasteiger partial charge < -0.3 is 5.32 Å². The van der Waals surface area contributed by atoms with Gasteiger partial charge in [-0.3, -0.25) is 4.79 Å². The Kier molecular flexibility index (Phi) is 6.23. The zero-order valence-electron chi connectivity index (χ0n) is 12.8. The number of nitrogens with one attached hydrogen (secondary N) is 1. The van der Waals surface area contributed by atoms with Crippen LogP contribution in [0.15, 0.2) is 23.1 Å². The van der Waals surface area contributed by atoms with Crippen LogP contribution in [0, 0.1) is 12.8 Å². The van der Waals surface area contributed by atoms with Crippen LogP contribution in [0.25, 0.3) is 0 Å². The van der Waals surface area contributed by atoms with Crippen molar-refractivity contribution in [2.75, 3.05) is 0 Å². The molecule has 1 N–H and O–H groups in total. The van der Waals surface area contributed by atoms with Crippen molar-refractivity contribution in [2.45, 2.75) is 51.5 Å². The summed E-state index contributed by atoms with van der Waals surface area (Å²) < 4.78 is 22.8. The number of hydrogen-bond donors (Lipinski definition) is 1. The third kappa shape index (κ3) is 5.00. The molecule has 0 aliphatic rings. The quantitative estimate of drug-likeness (QED) is 0.812. The summed E-state index contributed by atoms with van der Waals surface area (Å²) in [7, 11) is 1.51. The normalized spacial score (nSPS) is 13.2. The number of rotatable bonds is 6. The molecular formula is C15H22ClNO3S. The van der Waals surface area contributed by atoms with E-state index in [-0.39, 0.29) is 16.8 Å². The van der Waals surface area contributed by atoms with E-state index in [4.69, 9.17) is 10.7 Å². The van der Waals surface area contributed by atoms with Gasteiger partial charge in [0.2, 0.25) is 0 Å². The molecule has 1 atom stereocenters. The molecule has 118 valence electrons. The summed E-state index contributed by atoms with van der Waals surface area (Å²) in [6, 6.07) is 4.44. The smallest absolute Gasteiger partial charge is 0.261 e. The molecule has 0 aliphatic heterocycles. The molecule has 0 heterocycles. The molecule has 1 aromatic carbocycles. The first kappa shape index (κ1) is 18.0. The Balaban J connectivity index is 3.01. The van der Waals surface area contributed by atoms with Crippen LogP contribution in [0.1, 0.15) is 49.5 Å². The Morgan fingerprint density at radius 1 is 1.24 bits per heavy atom. The maximum Gasteiger partial charge on any atom is 0.261 e. The van der Waals surface area contributed by atoms with Crippen LogP contribution in [0.3, 0.4) is 0 Å². The highest BCUT2D eigenvalue weighted by Crippen LogP contribution is 2.19. The Bertz CT molecular complexity index is 609. The maximum absolute atomic E-state index is 12.3. The fourth-order valence-corrected chi connectivity index (χ4v) is 3.29. The van der Waals surface area contributed by atoms with E-state index in [9.17, 15) is 13.2 Å². The van der Waals surface area contributed by atoms with Crippen molar-refractivity contribution in [3.8, 4) is 0 Å². The Morgan fingerprint density at radius 3 is 2.29 bits per heavy atom. The summed E-state index contributed by atoms with van der Waals surface area (Å²) in [6.07, 6.45) is 1.96. The molecule has 0 radical (unpaired) electrons. The van der Waals surface area contributed by atoms with Crippen LogP contribution in [0.2, 0.25) is 0 Å². The average Bonchev–Trinajstić information content (AvgIpc) is 2.38. The van der Waals surface area contributed by atoms with E-state index in [2.05, 4.69) is 19.2 Å². The van der Waals surface area contributed by atoms with Crippen molar-refractivity contribution in [1.82, 2.24) is 5.32 Å². The predicted molar refractivity (Wildman–Crippen MR) is 85.2 cm³/mol. The molecule has 0 aliphatic carbocycles. The second-order valence-corrected chi connectivity index (χ2v) is 7.88. The van der Waals surface area contributed by atoms with Crippen molar-refractivity contribution in [1.29, 1.82) is 0 Å². The van der Waals surface area contributed by atoms with E-state index in [1.54, 1.807) is 13.0 Å². The fourth-order valence-electron chi connectivity index (χ4n) is 2.42. The van der Waals surface area contributed by atoms with Gasteiger partial charge in [0.25, 0.3) is 15.0 Å². The lowest BCUT2D eigenvalue weighted by Crippen LogP contribution is -2.37. The van der Waals surface area contributed by atoms with Gasteiger partial charge in [-0.2, -0.15) is 0 Å². The first-order valence-electron chi connectivity index (χ1n) is 7.06. The van der Waals surface area contributed by atoms with Gasteiger partial charge in [-0.1, -0.05) is 26.7 Å². The van der Waals surface area contributed by atoms with E-state index in [1.807, 2.05) is 6.92 Å². The zero-order chi connectivity index (χ0) is 16.2. The standard InChI is InChI=1S/C15H22ClNO3S/c1-5-12(6-2)11(4)17-15(18)13-7-10(3)8-14(9-13)21(16,19)20/h7-9,11-12H,5-6H2,1-4H3,(H,17,18). The minimum Gasteiger partial charge on any atom is -0.349 e. The van der Waals surface area contributed by atoms with Gasteiger partial charge in [0.15, 0.2) is 0 Å². The van der Waals surface area contributed by atoms with Crippen LogP contribution >= 0.6 is 10.7 Å². The highest BCUT2D eigenvalue weighted by Gasteiger charge is 2.19. The Labute approximate surface area is 131 Å². The Morgan fingerprint density at radius 2 is 1.81 bits per heavy atom. The van der Waals surface area contributed by atoms with Crippen molar-refractivity contribution >= 4 is 25.6 Å². The summed E-state index contributed by atoms with van der Waals surface area (Å²) in [5.74, 6) is 0.120. The third-order valence-electron chi connectivity index (χ3n) is 3.71. The molecule has 0 spiro atoms. The number of amides is 1. The zero-order valence-corrected chi connectivity index (χ0v) is 14.4. The predicted octanol–water partition coefficient (Wildman–Crippen LogP) is 3.48. The van der Waals surface area contributed by atoms with Gasteiger partial charge in [-0.05, 0) is 43.5 Å². The molecule has 1 unspecified atom stereocenters. The lowest BCUT2D eigenvalue weighted by Gasteiger charge is -2.22. The number of carbonyl (C=O) groups is 1. The Hall–Kier alpha value is -1.07. The van der Waals surface area contributed by atoms with Crippen molar-refractivity contribution in [2.24, 2.45) is 5.92 Å². The minimum atomic E-state index is -3.84. The SMILES string of the molecule is CCC(CC)C(C)NC(=O)c1cc(C)cc(S(=O)(=O)Cl)c1. The molecule has 1 rings (SSSR count). The van der Waals surface area contributed by atoms with Gasteiger partial charge in [-0.15, -0.1) is 0 Å². The summed E-state index contributed by atoms with van der Waals surface area (Å²) in [5, 5.41) is 2.93. The number of carbonyl (C=O) groups excluding carboxylic acids is 1. The van der Waals surface area contributed by atoms with Crippen LogP contribution in [0.5, 0.6) is 0 Å². The molecule has 0 bridgehead atoms. The molecule has 0 aromatic heterocycles. The lowest BCUT2D eigenvalue weighted by molar-refractivity contribution is 0.0925. The second kappa shape index (κ2) is 7.27. The minimum absolute atomic E-state index is 0.0315. The largest absolute Gasteiger partial charge is 0.349 e. The van der Waals surface area contributed by atoms with E-state index in [0.717, 1.165) is 12.8 Å². The number of benzene rings is 1. The molecule has 0 fully saturated rings. The molecule has 1 amide bonds. The summed E-state index contributed by atoms with van der Waals surface area (Å²) in [4.78, 5) is 12.2. The van der Waals surface area contributed by atoms with Crippen molar-refractivity contribution < 1.29 is 13.2 Å². The maximum atomic E-state index is 12.3. The highest BCUT2D eigenvalue weighted by molar-refractivity contribution is 8.13. The van der Waals surface area contributed by atoms with Crippen molar-refractivity contribution in [3.05, 3.63) is 29.3 Å². The van der Waals surface area contributed by atoms with Crippen LogP contribution in [0.4, 0.5) is 0 Å². The van der Waals surface area contributed by atoms with Crippen LogP contribution < -0.4 is 5.32 Å². The molecular weight excluding hydrogens is 310 g/mol. The average molecular weight is 332 g/mol. The first-order chi connectivity index (χ1) is 9.68. The fraction of sp³-hybridized carbons (Fsp3) is 0.533. The van der Waals surface area contributed by atoms with Gasteiger partial charge in [-0.25, -0.2) is 8.42 Å². The molecule has 21 heavy (non-hydrogen) atoms. The lowest BCUT2D eigenvalue weighted by atomic mass is 9.95. The first-order valence-corrected chi connectivity index (χ1v) is 9.37. The van der Waals surface area contributed by atoms with E-state index in [1.165, 1.54) is 12.1 Å². The van der Waals surface area contributed by atoms with Crippen LogP contribution in [-0.4, -0.2) is 20.4 Å². The van der Waals surface area contributed by atoms with Gasteiger partial charge in [0.1, 0.15) is 0 Å². The monoisotopic (exact) mass is 331 g/mol. The number of hydrogen-bond acceptors (Lipinski definition) is 3. The molecule has 0 saturated heterocycles. The van der Waals surface area contributed by atoms with Gasteiger partial charge >= 0.3 is 0 Å². The summed E-state index contributed by atoms with van der Waals surface area (Å²) in [5.41, 5.74) is 0.990. The summed E-state index contributed by atoms with van der Waals surface area (Å²) >= 11 is 0. The highest BCUT2D eigenvalue weighted by atomic mass is 35.7. The van der Waals surface area contributed by atoms with Gasteiger partial charge in [0, 0.05) is 22.3 Å². The molecule has 1 aromatic rings. The number of halogens is 1. The van der Waals surface area contributed by atoms with Crippen molar-refractivity contribution in [3.63, 3.8) is 0 Å².